The third-order valence-corrected chi connectivity index (χ3v) is 2.23. The van der Waals surface area contributed by atoms with Gasteiger partial charge in [-0.15, -0.1) is 11.3 Å². The summed E-state index contributed by atoms with van der Waals surface area (Å²) in [5, 5.41) is 13.7. The maximum atomic E-state index is 8.71. The van der Waals surface area contributed by atoms with Crippen LogP contribution in [0.4, 0.5) is 0 Å². The van der Waals surface area contributed by atoms with Gasteiger partial charge in [0.15, 0.2) is 0 Å². The van der Waals surface area contributed by atoms with Gasteiger partial charge < -0.3 is 10.4 Å². The molecule has 0 unspecified atom stereocenters. The second-order valence-corrected chi connectivity index (χ2v) is 3.11. The van der Waals surface area contributed by atoms with Gasteiger partial charge >= 0.3 is 0 Å². The Labute approximate surface area is 64.5 Å². The summed E-state index contributed by atoms with van der Waals surface area (Å²) in [7, 11) is 1.92. The predicted molar refractivity (Wildman–Crippen MR) is 43.0 cm³/mol. The van der Waals surface area contributed by atoms with Crippen LogP contribution in [-0.4, -0.2) is 12.2 Å². The van der Waals surface area contributed by atoms with Crippen molar-refractivity contribution in [2.45, 2.75) is 13.2 Å². The molecule has 1 aromatic heterocycles. The Morgan fingerprint density at radius 3 is 3.00 bits per heavy atom. The number of hydrogen-bond donors (Lipinski definition) is 2. The largest absolute Gasteiger partial charge is 0.392 e. The summed E-state index contributed by atoms with van der Waals surface area (Å²) in [5.74, 6) is 0. The molecule has 0 amide bonds. The minimum atomic E-state index is 0.153. The molecule has 3 heteroatoms. The van der Waals surface area contributed by atoms with Gasteiger partial charge in [-0.2, -0.15) is 0 Å². The number of nitrogens with one attached hydrogen (secondary N) is 1. The van der Waals surface area contributed by atoms with E-state index in [9.17, 15) is 0 Å². The fourth-order valence-electron chi connectivity index (χ4n) is 0.776. The molecular formula is C7H11NOS. The minimum Gasteiger partial charge on any atom is -0.392 e. The summed E-state index contributed by atoms with van der Waals surface area (Å²) in [4.78, 5) is 1.27. The van der Waals surface area contributed by atoms with Gasteiger partial charge in [0.2, 0.25) is 0 Å². The SMILES string of the molecule is CNCc1cc(CO)cs1. The van der Waals surface area contributed by atoms with Crippen LogP contribution in [0.5, 0.6) is 0 Å². The normalized spacial score (nSPS) is 10.2. The lowest BCUT2D eigenvalue weighted by Gasteiger charge is -1.90. The fraction of sp³-hybridized carbons (Fsp3) is 0.429. The van der Waals surface area contributed by atoms with Crippen molar-refractivity contribution in [2.24, 2.45) is 0 Å². The molecule has 0 spiro atoms. The monoisotopic (exact) mass is 157 g/mol. The van der Waals surface area contributed by atoms with Gasteiger partial charge in [-0.05, 0) is 24.1 Å². The lowest BCUT2D eigenvalue weighted by molar-refractivity contribution is 0.282. The smallest absolute Gasteiger partial charge is 0.0690 e. The first kappa shape index (κ1) is 7.72. The highest BCUT2D eigenvalue weighted by Gasteiger charge is 1.95. The van der Waals surface area contributed by atoms with E-state index in [4.69, 9.17) is 5.11 Å². The Balaban J connectivity index is 2.59. The summed E-state index contributed by atoms with van der Waals surface area (Å²) >= 11 is 1.68. The maximum absolute atomic E-state index is 8.71. The molecule has 10 heavy (non-hydrogen) atoms. The van der Waals surface area contributed by atoms with E-state index in [1.807, 2.05) is 18.5 Å². The van der Waals surface area contributed by atoms with Crippen molar-refractivity contribution in [2.75, 3.05) is 7.05 Å². The second kappa shape index (κ2) is 3.71. The first-order chi connectivity index (χ1) is 4.86. The Bertz CT molecular complexity index is 197. The van der Waals surface area contributed by atoms with E-state index < -0.39 is 0 Å². The Kier molecular flexibility index (Phi) is 2.86. The van der Waals surface area contributed by atoms with Crippen LogP contribution in [-0.2, 0) is 13.2 Å². The summed E-state index contributed by atoms with van der Waals surface area (Å²) in [6.45, 7) is 1.05. The van der Waals surface area contributed by atoms with E-state index in [1.54, 1.807) is 11.3 Å². The van der Waals surface area contributed by atoms with Gasteiger partial charge in [-0.1, -0.05) is 0 Å². The molecule has 2 nitrogen and oxygen atoms in total. The molecule has 0 atom stereocenters. The van der Waals surface area contributed by atoms with E-state index in [0.29, 0.717) is 0 Å². The third kappa shape index (κ3) is 1.80. The molecule has 0 aromatic carbocycles. The van der Waals surface area contributed by atoms with E-state index in [-0.39, 0.29) is 6.61 Å². The topological polar surface area (TPSA) is 32.3 Å². The van der Waals surface area contributed by atoms with Crippen molar-refractivity contribution in [3.63, 3.8) is 0 Å². The first-order valence-corrected chi connectivity index (χ1v) is 4.06. The molecule has 0 aliphatic rings. The lowest BCUT2D eigenvalue weighted by Crippen LogP contribution is -2.02. The second-order valence-electron chi connectivity index (χ2n) is 2.11. The molecule has 0 aliphatic carbocycles. The average Bonchev–Trinajstić information content (AvgIpc) is 2.37. The molecule has 2 N–H and O–H groups in total. The lowest BCUT2D eigenvalue weighted by atomic mass is 10.3. The van der Waals surface area contributed by atoms with Gasteiger partial charge in [-0.3, -0.25) is 0 Å². The van der Waals surface area contributed by atoms with Gasteiger partial charge in [0, 0.05) is 11.4 Å². The Morgan fingerprint density at radius 1 is 1.70 bits per heavy atom. The number of aliphatic hydroxyl groups is 1. The van der Waals surface area contributed by atoms with Crippen LogP contribution in [0, 0.1) is 0 Å². The molecular weight excluding hydrogens is 146 g/mol. The van der Waals surface area contributed by atoms with Crippen molar-refractivity contribution in [1.29, 1.82) is 0 Å². The third-order valence-electron chi connectivity index (χ3n) is 1.24. The zero-order valence-corrected chi connectivity index (χ0v) is 6.74. The highest BCUT2D eigenvalue weighted by molar-refractivity contribution is 7.10. The Hall–Kier alpha value is -0.380. The zero-order chi connectivity index (χ0) is 7.40. The quantitative estimate of drug-likeness (QED) is 0.685. The van der Waals surface area contributed by atoms with Crippen LogP contribution >= 0.6 is 11.3 Å². The number of aliphatic hydroxyl groups excluding tert-OH is 1. The number of rotatable bonds is 3. The standard InChI is InChI=1S/C7H11NOS/c1-8-3-7-2-6(4-9)5-10-7/h2,5,8-9H,3-4H2,1H3. The van der Waals surface area contributed by atoms with Crippen LogP contribution < -0.4 is 5.32 Å². The first-order valence-electron chi connectivity index (χ1n) is 3.18. The van der Waals surface area contributed by atoms with E-state index in [0.717, 1.165) is 12.1 Å². The van der Waals surface area contributed by atoms with Crippen LogP contribution in [0.1, 0.15) is 10.4 Å². The van der Waals surface area contributed by atoms with Gasteiger partial charge in [0.25, 0.3) is 0 Å². The highest BCUT2D eigenvalue weighted by atomic mass is 32.1. The van der Waals surface area contributed by atoms with Crippen molar-refractivity contribution in [1.82, 2.24) is 5.32 Å². The maximum Gasteiger partial charge on any atom is 0.0690 e. The summed E-state index contributed by atoms with van der Waals surface area (Å²) in [6.07, 6.45) is 0. The molecule has 0 saturated carbocycles. The Morgan fingerprint density at radius 2 is 2.50 bits per heavy atom. The number of hydrogen-bond acceptors (Lipinski definition) is 3. The summed E-state index contributed by atoms with van der Waals surface area (Å²) < 4.78 is 0. The van der Waals surface area contributed by atoms with E-state index in [1.165, 1.54) is 4.88 Å². The van der Waals surface area contributed by atoms with E-state index in [2.05, 4.69) is 5.32 Å². The summed E-state index contributed by atoms with van der Waals surface area (Å²) in [5.41, 5.74) is 1.01. The molecule has 56 valence electrons. The van der Waals surface area contributed by atoms with E-state index >= 15 is 0 Å². The number of thiophene rings is 1. The molecule has 0 aliphatic heterocycles. The van der Waals surface area contributed by atoms with Crippen LogP contribution in [0.25, 0.3) is 0 Å². The van der Waals surface area contributed by atoms with Crippen molar-refractivity contribution < 1.29 is 5.11 Å². The van der Waals surface area contributed by atoms with Crippen molar-refractivity contribution >= 4 is 11.3 Å². The highest BCUT2D eigenvalue weighted by Crippen LogP contribution is 2.13. The van der Waals surface area contributed by atoms with Crippen molar-refractivity contribution in [3.8, 4) is 0 Å². The molecule has 0 radical (unpaired) electrons. The van der Waals surface area contributed by atoms with Gasteiger partial charge in [-0.25, -0.2) is 0 Å². The molecule has 1 heterocycles. The van der Waals surface area contributed by atoms with Crippen LogP contribution in [0.3, 0.4) is 0 Å². The minimum absolute atomic E-state index is 0.153. The zero-order valence-electron chi connectivity index (χ0n) is 5.92. The molecule has 0 fully saturated rings. The van der Waals surface area contributed by atoms with Crippen molar-refractivity contribution in [3.05, 3.63) is 21.9 Å². The van der Waals surface area contributed by atoms with Crippen LogP contribution in [0.2, 0.25) is 0 Å². The van der Waals surface area contributed by atoms with Gasteiger partial charge in [0.05, 0.1) is 6.61 Å². The molecule has 0 bridgehead atoms. The van der Waals surface area contributed by atoms with Crippen LogP contribution in [0.15, 0.2) is 11.4 Å². The predicted octanol–water partition coefficient (Wildman–Crippen LogP) is 0.960. The molecule has 1 aromatic rings. The van der Waals surface area contributed by atoms with Gasteiger partial charge in [0.1, 0.15) is 0 Å². The average molecular weight is 157 g/mol. The fourth-order valence-corrected chi connectivity index (χ4v) is 1.67. The molecule has 1 rings (SSSR count). The molecule has 0 saturated heterocycles. The summed E-state index contributed by atoms with van der Waals surface area (Å²) in [6, 6.07) is 2.02.